The van der Waals surface area contributed by atoms with E-state index < -0.39 is 0 Å². The van der Waals surface area contributed by atoms with E-state index in [1.165, 1.54) is 17.2 Å². The van der Waals surface area contributed by atoms with Crippen molar-refractivity contribution in [2.45, 2.75) is 39.0 Å². The number of fused-ring (bicyclic) bond motifs is 1. The van der Waals surface area contributed by atoms with Gasteiger partial charge in [0.1, 0.15) is 11.3 Å². The predicted octanol–water partition coefficient (Wildman–Crippen LogP) is 5.72. The summed E-state index contributed by atoms with van der Waals surface area (Å²) < 4.78 is 13.8. The highest BCUT2D eigenvalue weighted by Crippen LogP contribution is 2.24. The van der Waals surface area contributed by atoms with Crippen molar-refractivity contribution < 1.29 is 4.39 Å². The second kappa shape index (κ2) is 7.22. The molecule has 0 saturated heterocycles. The van der Waals surface area contributed by atoms with Crippen molar-refractivity contribution in [1.82, 2.24) is 4.98 Å². The molecule has 2 nitrogen and oxygen atoms in total. The summed E-state index contributed by atoms with van der Waals surface area (Å²) >= 11 is 0. The molecule has 130 valence electrons. The van der Waals surface area contributed by atoms with E-state index in [4.69, 9.17) is 0 Å². The molecule has 1 heterocycles. The van der Waals surface area contributed by atoms with Crippen molar-refractivity contribution in [2.24, 2.45) is 0 Å². The number of aryl methyl sites for hydroxylation is 1. The van der Waals surface area contributed by atoms with E-state index in [-0.39, 0.29) is 11.2 Å². The standard InChI is InChI=1S/C22H25FN2/c1-22(2,3)17-11-9-16(10-12-17)6-5-14-24-20-13-15-25-21-18(20)7-4-8-19(21)23/h4,7-13,15H,5-6,14H2,1-3H3,(H,24,25). The quantitative estimate of drug-likeness (QED) is 0.603. The molecule has 0 atom stereocenters. The fraction of sp³-hybridized carbons (Fsp3) is 0.318. The fourth-order valence-electron chi connectivity index (χ4n) is 2.98. The lowest BCUT2D eigenvalue weighted by Crippen LogP contribution is -2.10. The Morgan fingerprint density at radius 2 is 1.76 bits per heavy atom. The van der Waals surface area contributed by atoms with E-state index in [1.807, 2.05) is 12.1 Å². The smallest absolute Gasteiger partial charge is 0.149 e. The molecule has 0 aliphatic rings. The zero-order valence-electron chi connectivity index (χ0n) is 15.1. The van der Waals surface area contributed by atoms with Gasteiger partial charge in [-0.05, 0) is 41.5 Å². The number of anilines is 1. The lowest BCUT2D eigenvalue weighted by atomic mass is 9.86. The van der Waals surface area contributed by atoms with Crippen LogP contribution in [0.25, 0.3) is 10.9 Å². The van der Waals surface area contributed by atoms with Gasteiger partial charge < -0.3 is 5.32 Å². The Labute approximate surface area is 149 Å². The first kappa shape index (κ1) is 17.4. The number of benzene rings is 2. The van der Waals surface area contributed by atoms with E-state index in [2.05, 4.69) is 55.3 Å². The van der Waals surface area contributed by atoms with E-state index in [1.54, 1.807) is 12.3 Å². The first-order chi connectivity index (χ1) is 11.9. The maximum atomic E-state index is 13.8. The Morgan fingerprint density at radius 1 is 1.00 bits per heavy atom. The highest BCUT2D eigenvalue weighted by Gasteiger charge is 2.12. The summed E-state index contributed by atoms with van der Waals surface area (Å²) in [5.74, 6) is -0.278. The average molecular weight is 336 g/mol. The van der Waals surface area contributed by atoms with Crippen molar-refractivity contribution in [3.05, 3.63) is 71.7 Å². The fourth-order valence-corrected chi connectivity index (χ4v) is 2.98. The summed E-state index contributed by atoms with van der Waals surface area (Å²) in [5.41, 5.74) is 4.26. The summed E-state index contributed by atoms with van der Waals surface area (Å²) in [7, 11) is 0. The second-order valence-corrected chi connectivity index (χ2v) is 7.47. The van der Waals surface area contributed by atoms with Crippen molar-refractivity contribution in [3.8, 4) is 0 Å². The van der Waals surface area contributed by atoms with Crippen molar-refractivity contribution in [2.75, 3.05) is 11.9 Å². The molecule has 0 fully saturated rings. The Morgan fingerprint density at radius 3 is 2.48 bits per heavy atom. The van der Waals surface area contributed by atoms with Crippen LogP contribution in [0.3, 0.4) is 0 Å². The molecule has 1 aromatic heterocycles. The van der Waals surface area contributed by atoms with Crippen LogP contribution >= 0.6 is 0 Å². The van der Waals surface area contributed by atoms with Crippen molar-refractivity contribution >= 4 is 16.6 Å². The van der Waals surface area contributed by atoms with Gasteiger partial charge in [0.05, 0.1) is 0 Å². The Hall–Kier alpha value is -2.42. The van der Waals surface area contributed by atoms with Gasteiger partial charge in [0.15, 0.2) is 0 Å². The number of aromatic nitrogens is 1. The Balaban J connectivity index is 1.58. The van der Waals surface area contributed by atoms with Crippen molar-refractivity contribution in [3.63, 3.8) is 0 Å². The maximum absolute atomic E-state index is 13.8. The molecule has 3 rings (SSSR count). The predicted molar refractivity (Wildman–Crippen MR) is 104 cm³/mol. The van der Waals surface area contributed by atoms with Gasteiger partial charge in [-0.2, -0.15) is 0 Å². The van der Waals surface area contributed by atoms with E-state index in [0.717, 1.165) is 30.5 Å². The van der Waals surface area contributed by atoms with Crippen LogP contribution in [0.5, 0.6) is 0 Å². The van der Waals surface area contributed by atoms with Gasteiger partial charge in [-0.1, -0.05) is 57.2 Å². The summed E-state index contributed by atoms with van der Waals surface area (Å²) in [4.78, 5) is 4.13. The van der Waals surface area contributed by atoms with Gasteiger partial charge in [-0.25, -0.2) is 4.39 Å². The highest BCUT2D eigenvalue weighted by atomic mass is 19.1. The van der Waals surface area contributed by atoms with Crippen LogP contribution in [0, 0.1) is 5.82 Å². The van der Waals surface area contributed by atoms with Gasteiger partial charge >= 0.3 is 0 Å². The second-order valence-electron chi connectivity index (χ2n) is 7.47. The minimum Gasteiger partial charge on any atom is -0.384 e. The largest absolute Gasteiger partial charge is 0.384 e. The van der Waals surface area contributed by atoms with E-state index in [9.17, 15) is 4.39 Å². The van der Waals surface area contributed by atoms with Gasteiger partial charge in [-0.15, -0.1) is 0 Å². The van der Waals surface area contributed by atoms with Crippen LogP contribution in [0.4, 0.5) is 10.1 Å². The molecule has 0 bridgehead atoms. The number of hydrogen-bond acceptors (Lipinski definition) is 2. The van der Waals surface area contributed by atoms with Crippen LogP contribution in [0.2, 0.25) is 0 Å². The van der Waals surface area contributed by atoms with E-state index >= 15 is 0 Å². The molecule has 3 aromatic rings. The molecule has 0 spiro atoms. The number of halogens is 1. The molecule has 3 heteroatoms. The Bertz CT molecular complexity index is 848. The molecule has 0 unspecified atom stereocenters. The lowest BCUT2D eigenvalue weighted by molar-refractivity contribution is 0.590. The van der Waals surface area contributed by atoms with Gasteiger partial charge in [-0.3, -0.25) is 4.98 Å². The average Bonchev–Trinajstić information content (AvgIpc) is 2.59. The minimum absolute atomic E-state index is 0.192. The molecule has 0 amide bonds. The first-order valence-electron chi connectivity index (χ1n) is 8.82. The molecule has 0 aliphatic carbocycles. The van der Waals surface area contributed by atoms with Crippen molar-refractivity contribution in [1.29, 1.82) is 0 Å². The molecular formula is C22H25FN2. The zero-order valence-corrected chi connectivity index (χ0v) is 15.1. The third-order valence-electron chi connectivity index (χ3n) is 4.50. The lowest BCUT2D eigenvalue weighted by Gasteiger charge is -2.19. The number of pyridine rings is 1. The van der Waals surface area contributed by atoms with E-state index in [0.29, 0.717) is 5.52 Å². The number of hydrogen-bond donors (Lipinski definition) is 1. The summed E-state index contributed by atoms with van der Waals surface area (Å²) in [6.07, 6.45) is 3.70. The summed E-state index contributed by atoms with van der Waals surface area (Å²) in [6, 6.07) is 15.9. The molecule has 0 aliphatic heterocycles. The third-order valence-corrected chi connectivity index (χ3v) is 4.50. The molecule has 25 heavy (non-hydrogen) atoms. The summed E-state index contributed by atoms with van der Waals surface area (Å²) in [6.45, 7) is 7.53. The number of nitrogens with zero attached hydrogens (tertiary/aromatic N) is 1. The third kappa shape index (κ3) is 4.16. The first-order valence-corrected chi connectivity index (χ1v) is 8.82. The number of para-hydroxylation sites is 1. The monoisotopic (exact) mass is 336 g/mol. The number of rotatable bonds is 5. The van der Waals surface area contributed by atoms with Gasteiger partial charge in [0.25, 0.3) is 0 Å². The van der Waals surface area contributed by atoms with Crippen LogP contribution < -0.4 is 5.32 Å². The maximum Gasteiger partial charge on any atom is 0.149 e. The summed E-state index contributed by atoms with van der Waals surface area (Å²) in [5, 5.41) is 4.24. The van der Waals surface area contributed by atoms with Gasteiger partial charge in [0, 0.05) is 23.8 Å². The molecule has 0 radical (unpaired) electrons. The Kier molecular flexibility index (Phi) is 5.03. The zero-order chi connectivity index (χ0) is 17.9. The van der Waals surface area contributed by atoms with Crippen LogP contribution in [-0.4, -0.2) is 11.5 Å². The van der Waals surface area contributed by atoms with Gasteiger partial charge in [0.2, 0.25) is 0 Å². The van der Waals surface area contributed by atoms with Crippen LogP contribution in [0.1, 0.15) is 38.3 Å². The molecule has 1 N–H and O–H groups in total. The minimum atomic E-state index is -0.278. The SMILES string of the molecule is CC(C)(C)c1ccc(CCCNc2ccnc3c(F)cccc23)cc1. The topological polar surface area (TPSA) is 24.9 Å². The molecule has 2 aromatic carbocycles. The highest BCUT2D eigenvalue weighted by molar-refractivity contribution is 5.91. The normalized spacial score (nSPS) is 11.7. The molecule has 0 saturated carbocycles. The van der Waals surface area contributed by atoms with Crippen LogP contribution in [-0.2, 0) is 11.8 Å². The van der Waals surface area contributed by atoms with Crippen LogP contribution in [0.15, 0.2) is 54.7 Å². The molecular weight excluding hydrogens is 311 g/mol. The number of nitrogens with one attached hydrogen (secondary N) is 1.